The number of halogens is 3. The quantitative estimate of drug-likeness (QED) is 0.898. The summed E-state index contributed by atoms with van der Waals surface area (Å²) in [7, 11) is -4.30. The van der Waals surface area contributed by atoms with Crippen LogP contribution in [0.1, 0.15) is 19.3 Å². The normalized spacial score (nSPS) is 22.3. The van der Waals surface area contributed by atoms with Gasteiger partial charge in [-0.05, 0) is 37.8 Å². The van der Waals surface area contributed by atoms with Gasteiger partial charge in [-0.1, -0.05) is 0 Å². The van der Waals surface area contributed by atoms with Crippen LogP contribution in [0.5, 0.6) is 0 Å². The Morgan fingerprint density at radius 1 is 1.05 bits per heavy atom. The van der Waals surface area contributed by atoms with E-state index in [4.69, 9.17) is 0 Å². The van der Waals surface area contributed by atoms with Gasteiger partial charge < -0.3 is 5.32 Å². The summed E-state index contributed by atoms with van der Waals surface area (Å²) in [5.41, 5.74) is -0.120. The van der Waals surface area contributed by atoms with Crippen LogP contribution in [0.4, 0.5) is 13.2 Å². The molecule has 8 heteroatoms. The zero-order valence-corrected chi connectivity index (χ0v) is 12.7. The van der Waals surface area contributed by atoms with Crippen molar-refractivity contribution < 1.29 is 21.6 Å². The zero-order valence-electron chi connectivity index (χ0n) is 11.9. The molecular weight excluding hydrogens is 317 g/mol. The van der Waals surface area contributed by atoms with E-state index >= 15 is 0 Å². The summed E-state index contributed by atoms with van der Waals surface area (Å²) in [4.78, 5) is -1.06. The summed E-state index contributed by atoms with van der Waals surface area (Å²) >= 11 is 0. The molecule has 3 rings (SSSR count). The Kier molecular flexibility index (Phi) is 3.94. The smallest absolute Gasteiger partial charge is 0.248 e. The number of piperidine rings is 1. The van der Waals surface area contributed by atoms with Gasteiger partial charge in [0.2, 0.25) is 10.0 Å². The van der Waals surface area contributed by atoms with Gasteiger partial charge in [0, 0.05) is 25.2 Å². The maximum atomic E-state index is 13.8. The van der Waals surface area contributed by atoms with Crippen LogP contribution in [-0.4, -0.2) is 38.9 Å². The summed E-state index contributed by atoms with van der Waals surface area (Å²) in [5, 5.41) is 3.22. The topological polar surface area (TPSA) is 49.4 Å². The number of nitrogens with zero attached hydrogens (tertiary/aromatic N) is 1. The van der Waals surface area contributed by atoms with E-state index in [1.807, 2.05) is 0 Å². The number of rotatable bonds is 2. The summed E-state index contributed by atoms with van der Waals surface area (Å²) < 4.78 is 66.7. The monoisotopic (exact) mass is 334 g/mol. The average Bonchev–Trinajstić information content (AvgIpc) is 2.82. The molecule has 2 aliphatic heterocycles. The first-order chi connectivity index (χ1) is 10.3. The highest BCUT2D eigenvalue weighted by atomic mass is 32.2. The van der Waals surface area contributed by atoms with E-state index in [1.54, 1.807) is 0 Å². The number of sulfonamides is 1. The van der Waals surface area contributed by atoms with Crippen molar-refractivity contribution in [3.8, 4) is 0 Å². The SMILES string of the molecule is O=S(=O)(c1c(F)cc(F)cc1F)N1CCC2(CCNCC2)C1. The molecule has 0 aliphatic carbocycles. The second kappa shape index (κ2) is 5.50. The third-order valence-electron chi connectivity index (χ3n) is 4.63. The lowest BCUT2D eigenvalue weighted by atomic mass is 9.78. The van der Waals surface area contributed by atoms with E-state index in [9.17, 15) is 21.6 Å². The van der Waals surface area contributed by atoms with Gasteiger partial charge in [-0.25, -0.2) is 21.6 Å². The largest absolute Gasteiger partial charge is 0.317 e. The molecule has 0 aromatic heterocycles. The molecule has 2 fully saturated rings. The lowest BCUT2D eigenvalue weighted by molar-refractivity contribution is 0.218. The van der Waals surface area contributed by atoms with Crippen LogP contribution >= 0.6 is 0 Å². The minimum Gasteiger partial charge on any atom is -0.317 e. The van der Waals surface area contributed by atoms with Gasteiger partial charge >= 0.3 is 0 Å². The van der Waals surface area contributed by atoms with Crippen molar-refractivity contribution in [2.75, 3.05) is 26.2 Å². The molecule has 2 aliphatic rings. The van der Waals surface area contributed by atoms with Gasteiger partial charge in [0.1, 0.15) is 17.5 Å². The number of benzene rings is 1. The van der Waals surface area contributed by atoms with E-state index < -0.39 is 32.4 Å². The molecule has 0 atom stereocenters. The van der Waals surface area contributed by atoms with E-state index in [0.717, 1.165) is 30.2 Å². The van der Waals surface area contributed by atoms with E-state index in [0.29, 0.717) is 18.6 Å². The van der Waals surface area contributed by atoms with Gasteiger partial charge in [-0.3, -0.25) is 0 Å². The number of nitrogens with one attached hydrogen (secondary N) is 1. The summed E-state index contributed by atoms with van der Waals surface area (Å²) in [5.74, 6) is -3.90. The van der Waals surface area contributed by atoms with Crippen LogP contribution in [0.25, 0.3) is 0 Å². The van der Waals surface area contributed by atoms with E-state index in [-0.39, 0.29) is 18.5 Å². The van der Waals surface area contributed by atoms with Gasteiger partial charge in [-0.15, -0.1) is 0 Å². The van der Waals surface area contributed by atoms with E-state index in [1.165, 1.54) is 0 Å². The molecular formula is C14H17F3N2O2S. The molecule has 1 aromatic rings. The van der Waals surface area contributed by atoms with Crippen LogP contribution in [-0.2, 0) is 10.0 Å². The Labute approximate surface area is 127 Å². The fourth-order valence-corrected chi connectivity index (χ4v) is 5.01. The Balaban J connectivity index is 1.92. The van der Waals surface area contributed by atoms with Crippen LogP contribution in [0, 0.1) is 22.9 Å². The predicted molar refractivity (Wildman–Crippen MR) is 74.2 cm³/mol. The van der Waals surface area contributed by atoms with Crippen LogP contribution < -0.4 is 5.32 Å². The van der Waals surface area contributed by atoms with Crippen molar-refractivity contribution in [3.63, 3.8) is 0 Å². The highest BCUT2D eigenvalue weighted by Gasteiger charge is 2.44. The molecule has 0 saturated carbocycles. The third kappa shape index (κ3) is 2.63. The molecule has 122 valence electrons. The summed E-state index contributed by atoms with van der Waals surface area (Å²) in [6.07, 6.45) is 2.36. The van der Waals surface area contributed by atoms with Gasteiger partial charge in [0.15, 0.2) is 4.90 Å². The average molecular weight is 334 g/mol. The Hall–Kier alpha value is -1.12. The fourth-order valence-electron chi connectivity index (χ4n) is 3.37. The van der Waals surface area contributed by atoms with E-state index in [2.05, 4.69) is 5.32 Å². The zero-order chi connectivity index (χ0) is 16.0. The first kappa shape index (κ1) is 15.8. The first-order valence-corrected chi connectivity index (χ1v) is 8.64. The molecule has 0 amide bonds. The molecule has 4 nitrogen and oxygen atoms in total. The van der Waals surface area contributed by atoms with Crippen molar-refractivity contribution in [1.82, 2.24) is 9.62 Å². The standard InChI is InChI=1S/C14H17F3N2O2S/c15-10-7-11(16)13(12(17)8-10)22(20,21)19-6-3-14(9-19)1-4-18-5-2-14/h7-8,18H,1-6,9H2. The maximum absolute atomic E-state index is 13.8. The summed E-state index contributed by atoms with van der Waals surface area (Å²) in [6, 6.07) is 0.790. The van der Waals surface area contributed by atoms with Crippen LogP contribution in [0.15, 0.2) is 17.0 Å². The van der Waals surface area contributed by atoms with Crippen molar-refractivity contribution in [2.45, 2.75) is 24.2 Å². The Morgan fingerprint density at radius 3 is 2.23 bits per heavy atom. The molecule has 1 N–H and O–H groups in total. The lowest BCUT2D eigenvalue weighted by Gasteiger charge is -2.33. The second-order valence-corrected chi connectivity index (χ2v) is 7.91. The van der Waals surface area contributed by atoms with Crippen molar-refractivity contribution in [2.24, 2.45) is 5.41 Å². The Bertz CT molecular complexity index is 664. The first-order valence-electron chi connectivity index (χ1n) is 7.20. The molecule has 22 heavy (non-hydrogen) atoms. The predicted octanol–water partition coefficient (Wildman–Crippen LogP) is 1.87. The second-order valence-electron chi connectivity index (χ2n) is 6.04. The van der Waals surface area contributed by atoms with Crippen LogP contribution in [0.2, 0.25) is 0 Å². The fraction of sp³-hybridized carbons (Fsp3) is 0.571. The summed E-state index contributed by atoms with van der Waals surface area (Å²) in [6.45, 7) is 2.12. The third-order valence-corrected chi connectivity index (χ3v) is 6.53. The molecule has 1 aromatic carbocycles. The molecule has 0 bridgehead atoms. The number of hydrogen-bond acceptors (Lipinski definition) is 3. The molecule has 1 spiro atoms. The maximum Gasteiger partial charge on any atom is 0.248 e. The Morgan fingerprint density at radius 2 is 1.64 bits per heavy atom. The van der Waals surface area contributed by atoms with Crippen molar-refractivity contribution in [1.29, 1.82) is 0 Å². The van der Waals surface area contributed by atoms with Crippen LogP contribution in [0.3, 0.4) is 0 Å². The lowest BCUT2D eigenvalue weighted by Crippen LogP contribution is -2.40. The minimum atomic E-state index is -4.30. The molecule has 2 heterocycles. The molecule has 2 saturated heterocycles. The highest BCUT2D eigenvalue weighted by molar-refractivity contribution is 7.89. The number of hydrogen-bond donors (Lipinski definition) is 1. The van der Waals surface area contributed by atoms with Gasteiger partial charge in [0.25, 0.3) is 0 Å². The van der Waals surface area contributed by atoms with Crippen molar-refractivity contribution in [3.05, 3.63) is 29.6 Å². The highest BCUT2D eigenvalue weighted by Crippen LogP contribution is 2.41. The molecule has 0 radical (unpaired) electrons. The van der Waals surface area contributed by atoms with Gasteiger partial charge in [0.05, 0.1) is 0 Å². The van der Waals surface area contributed by atoms with Crippen molar-refractivity contribution >= 4 is 10.0 Å². The minimum absolute atomic E-state index is 0.120. The molecule has 0 unspecified atom stereocenters. The van der Waals surface area contributed by atoms with Gasteiger partial charge in [-0.2, -0.15) is 4.31 Å².